The third kappa shape index (κ3) is 5.62. The van der Waals surface area contributed by atoms with Crippen LogP contribution >= 0.6 is 0 Å². The van der Waals surface area contributed by atoms with Crippen LogP contribution in [0.4, 0.5) is 10.5 Å². The predicted octanol–water partition coefficient (Wildman–Crippen LogP) is 3.73. The molecule has 0 spiro atoms. The maximum absolute atomic E-state index is 13.2. The van der Waals surface area contributed by atoms with Crippen LogP contribution in [0.25, 0.3) is 22.7 Å². The Kier molecular flexibility index (Phi) is 7.55. The molecule has 11 heteroatoms. The highest BCUT2D eigenvalue weighted by molar-refractivity contribution is 5.90. The number of carbonyl (C=O) groups excluding carboxylic acids is 1. The van der Waals surface area contributed by atoms with Crippen molar-refractivity contribution in [3.63, 3.8) is 0 Å². The Balaban J connectivity index is 1.34. The number of nitrogens with zero attached hydrogens (tertiary/aromatic N) is 6. The molecule has 0 bridgehead atoms. The van der Waals surface area contributed by atoms with Gasteiger partial charge in [-0.2, -0.15) is 5.10 Å². The number of benzene rings is 1. The number of aryl methyl sites for hydroxylation is 2. The quantitative estimate of drug-likeness (QED) is 0.321. The summed E-state index contributed by atoms with van der Waals surface area (Å²) in [5, 5.41) is 15.5. The summed E-state index contributed by atoms with van der Waals surface area (Å²) >= 11 is 0. The summed E-state index contributed by atoms with van der Waals surface area (Å²) in [6.07, 6.45) is 7.27. The first-order chi connectivity index (χ1) is 18.5. The number of rotatable bonds is 9. The van der Waals surface area contributed by atoms with Gasteiger partial charge < -0.3 is 20.4 Å². The topological polar surface area (TPSA) is 145 Å². The Bertz CT molecular complexity index is 1450. The number of hydrogen-bond acceptors (Lipinski definition) is 8. The van der Waals surface area contributed by atoms with Gasteiger partial charge in [-0.15, -0.1) is 10.2 Å². The smallest absolute Gasteiger partial charge is 0.322 e. The average Bonchev–Trinajstić information content (AvgIpc) is 3.56. The number of pyridine rings is 1. The van der Waals surface area contributed by atoms with Crippen LogP contribution in [-0.4, -0.2) is 42.4 Å². The largest absolute Gasteiger partial charge is 0.421 e. The first-order valence-corrected chi connectivity index (χ1v) is 12.7. The van der Waals surface area contributed by atoms with E-state index in [1.54, 1.807) is 30.3 Å². The highest BCUT2D eigenvalue weighted by Crippen LogP contribution is 2.25. The van der Waals surface area contributed by atoms with Gasteiger partial charge in [-0.3, -0.25) is 9.78 Å². The molecule has 0 fully saturated rings. The van der Waals surface area contributed by atoms with Gasteiger partial charge in [0.2, 0.25) is 5.89 Å². The summed E-state index contributed by atoms with van der Waals surface area (Å²) in [4.78, 5) is 31.8. The Morgan fingerprint density at radius 2 is 1.84 bits per heavy atom. The fourth-order valence-corrected chi connectivity index (χ4v) is 4.44. The normalized spacial score (nSPS) is 12.5. The molecule has 1 aromatic carbocycles. The number of fused-ring (bicyclic) bond motifs is 1. The zero-order chi connectivity index (χ0) is 26.5. The highest BCUT2D eigenvalue weighted by atomic mass is 16.4. The van der Waals surface area contributed by atoms with Gasteiger partial charge in [0.25, 0.3) is 11.4 Å². The summed E-state index contributed by atoms with van der Waals surface area (Å²) in [6.45, 7) is 3.90. The van der Waals surface area contributed by atoms with Crippen LogP contribution in [0, 0.1) is 6.92 Å². The van der Waals surface area contributed by atoms with E-state index in [-0.39, 0.29) is 17.5 Å². The van der Waals surface area contributed by atoms with E-state index in [1.807, 2.05) is 30.3 Å². The first kappa shape index (κ1) is 25.3. The number of hydrogen-bond donors (Lipinski definition) is 2. The molecule has 196 valence electrons. The van der Waals surface area contributed by atoms with E-state index in [2.05, 4.69) is 25.6 Å². The number of amides is 2. The van der Waals surface area contributed by atoms with Gasteiger partial charge in [-0.05, 0) is 54.8 Å². The lowest BCUT2D eigenvalue weighted by atomic mass is 10.1. The van der Waals surface area contributed by atoms with E-state index in [1.165, 1.54) is 4.68 Å². The molecule has 1 aliphatic rings. The number of carbonyl (C=O) groups is 1. The molecule has 0 saturated carbocycles. The molecule has 0 unspecified atom stereocenters. The fourth-order valence-electron chi connectivity index (χ4n) is 4.44. The van der Waals surface area contributed by atoms with Crippen molar-refractivity contribution in [2.24, 2.45) is 5.73 Å². The number of nitrogens with one attached hydrogen (secondary N) is 1. The minimum atomic E-state index is -0.276. The van der Waals surface area contributed by atoms with E-state index in [0.717, 1.165) is 42.4 Å². The van der Waals surface area contributed by atoms with Gasteiger partial charge in [-0.1, -0.05) is 25.0 Å². The van der Waals surface area contributed by atoms with Crippen molar-refractivity contribution in [2.75, 3.05) is 11.9 Å². The Morgan fingerprint density at radius 3 is 2.58 bits per heavy atom. The summed E-state index contributed by atoms with van der Waals surface area (Å²) in [5.41, 5.74) is 9.83. The van der Waals surface area contributed by atoms with Gasteiger partial charge in [0.05, 0.1) is 5.69 Å². The lowest BCUT2D eigenvalue weighted by Crippen LogP contribution is -2.30. The second-order valence-corrected chi connectivity index (χ2v) is 9.31. The lowest BCUT2D eigenvalue weighted by Gasteiger charge is -2.16. The molecule has 0 aliphatic carbocycles. The van der Waals surface area contributed by atoms with Crippen LogP contribution in [0.3, 0.4) is 0 Å². The molecule has 1 aliphatic heterocycles. The van der Waals surface area contributed by atoms with E-state index in [0.29, 0.717) is 49.0 Å². The van der Waals surface area contributed by atoms with Crippen LogP contribution < -0.4 is 16.6 Å². The van der Waals surface area contributed by atoms with Crippen molar-refractivity contribution < 1.29 is 9.21 Å². The average molecular weight is 515 g/mol. The van der Waals surface area contributed by atoms with E-state index in [9.17, 15) is 9.59 Å². The Morgan fingerprint density at radius 1 is 1.05 bits per heavy atom. The number of unbranched alkanes of at least 4 members (excludes halogenated alkanes) is 3. The monoisotopic (exact) mass is 514 g/mol. The van der Waals surface area contributed by atoms with Crippen molar-refractivity contribution in [3.8, 4) is 22.7 Å². The summed E-state index contributed by atoms with van der Waals surface area (Å²) < 4.78 is 7.02. The van der Waals surface area contributed by atoms with Gasteiger partial charge >= 0.3 is 6.03 Å². The molecule has 5 rings (SSSR count). The maximum atomic E-state index is 13.2. The van der Waals surface area contributed by atoms with Crippen LogP contribution in [-0.2, 0) is 19.6 Å². The standard InChI is InChI=1S/C27H30N8O3/c1-18-31-32-25(38-18)23-14-24(33-35(26(23)36)13-5-3-2-4-11-28)19-6-8-22(9-7-19)30-27(37)34-16-20-10-12-29-15-21(20)17-34/h6-10,12,14-15H,2-5,11,13,16-17,28H2,1H3,(H,30,37). The van der Waals surface area contributed by atoms with E-state index < -0.39 is 0 Å². The third-order valence-corrected chi connectivity index (χ3v) is 6.50. The van der Waals surface area contributed by atoms with Crippen molar-refractivity contribution in [1.82, 2.24) is 29.9 Å². The number of urea groups is 1. The van der Waals surface area contributed by atoms with Crippen LogP contribution in [0.1, 0.15) is 42.7 Å². The zero-order valence-corrected chi connectivity index (χ0v) is 21.3. The minimum Gasteiger partial charge on any atom is -0.421 e. The number of aromatic nitrogens is 5. The maximum Gasteiger partial charge on any atom is 0.322 e. The molecular formula is C27H30N8O3. The molecule has 0 saturated heterocycles. The zero-order valence-electron chi connectivity index (χ0n) is 21.3. The Hall–Kier alpha value is -4.38. The van der Waals surface area contributed by atoms with Crippen molar-refractivity contribution in [3.05, 3.63) is 76.2 Å². The van der Waals surface area contributed by atoms with Crippen molar-refractivity contribution in [1.29, 1.82) is 0 Å². The number of nitrogens with two attached hydrogens (primary N) is 1. The van der Waals surface area contributed by atoms with Crippen LogP contribution in [0.15, 0.2) is 58.0 Å². The van der Waals surface area contributed by atoms with Crippen LogP contribution in [0.2, 0.25) is 0 Å². The minimum absolute atomic E-state index is 0.165. The molecular weight excluding hydrogens is 484 g/mol. The van der Waals surface area contributed by atoms with Crippen molar-refractivity contribution in [2.45, 2.75) is 52.2 Å². The van der Waals surface area contributed by atoms with Gasteiger partial charge in [0.1, 0.15) is 5.56 Å². The number of anilines is 1. The molecule has 4 aromatic rings. The molecule has 38 heavy (non-hydrogen) atoms. The van der Waals surface area contributed by atoms with E-state index >= 15 is 0 Å². The molecule has 11 nitrogen and oxygen atoms in total. The second-order valence-electron chi connectivity index (χ2n) is 9.31. The van der Waals surface area contributed by atoms with Crippen LogP contribution in [0.5, 0.6) is 0 Å². The lowest BCUT2D eigenvalue weighted by molar-refractivity contribution is 0.212. The van der Waals surface area contributed by atoms with Gasteiger partial charge in [-0.25, -0.2) is 9.48 Å². The predicted molar refractivity (Wildman–Crippen MR) is 142 cm³/mol. The Labute approximate surface area is 219 Å². The third-order valence-electron chi connectivity index (χ3n) is 6.50. The summed E-state index contributed by atoms with van der Waals surface area (Å²) in [7, 11) is 0. The van der Waals surface area contributed by atoms with Gasteiger partial charge in [0.15, 0.2) is 0 Å². The molecule has 4 heterocycles. The highest BCUT2D eigenvalue weighted by Gasteiger charge is 2.23. The molecule has 0 atom stereocenters. The SMILES string of the molecule is Cc1nnc(-c2cc(-c3ccc(NC(=O)N4Cc5ccncc5C4)cc3)nn(CCCCCCN)c2=O)o1. The van der Waals surface area contributed by atoms with E-state index in [4.69, 9.17) is 10.2 Å². The summed E-state index contributed by atoms with van der Waals surface area (Å²) in [6, 6.07) is 10.8. The summed E-state index contributed by atoms with van der Waals surface area (Å²) in [5.74, 6) is 0.544. The van der Waals surface area contributed by atoms with Gasteiger partial charge in [0, 0.05) is 50.2 Å². The molecule has 3 N–H and O–H groups in total. The second kappa shape index (κ2) is 11.3. The van der Waals surface area contributed by atoms with Crippen molar-refractivity contribution >= 4 is 11.7 Å². The molecule has 2 amide bonds. The molecule has 3 aromatic heterocycles. The first-order valence-electron chi connectivity index (χ1n) is 12.7. The fraction of sp³-hybridized carbons (Fsp3) is 0.333. The molecule has 0 radical (unpaired) electrons.